The zero-order valence-corrected chi connectivity index (χ0v) is 14.4. The van der Waals surface area contributed by atoms with Gasteiger partial charge in [0.25, 0.3) is 5.91 Å². The normalized spacial score (nSPS) is 17.2. The summed E-state index contributed by atoms with van der Waals surface area (Å²) in [6.07, 6.45) is 3.02. The van der Waals surface area contributed by atoms with Gasteiger partial charge in [-0.2, -0.15) is 0 Å². The molecule has 5 heteroatoms. The molecule has 2 heterocycles. The Morgan fingerprint density at radius 3 is 2.88 bits per heavy atom. The summed E-state index contributed by atoms with van der Waals surface area (Å²) in [4.78, 5) is 28.3. The van der Waals surface area contributed by atoms with E-state index in [1.807, 2.05) is 25.1 Å². The molecule has 0 saturated carbocycles. The third kappa shape index (κ3) is 2.47. The van der Waals surface area contributed by atoms with E-state index in [-0.39, 0.29) is 11.7 Å². The van der Waals surface area contributed by atoms with Crippen LogP contribution in [0, 0.1) is 6.92 Å². The average molecular weight is 341 g/mol. The molecule has 1 amide bonds. The minimum absolute atomic E-state index is 0.100. The number of benzene rings is 1. The van der Waals surface area contributed by atoms with Gasteiger partial charge < -0.3 is 9.32 Å². The molecule has 0 saturated heterocycles. The maximum atomic E-state index is 13.2. The first-order chi connectivity index (χ1) is 11.7. The van der Waals surface area contributed by atoms with E-state index in [1.165, 1.54) is 0 Å². The molecule has 0 unspecified atom stereocenters. The zero-order valence-electron chi connectivity index (χ0n) is 13.6. The summed E-state index contributed by atoms with van der Waals surface area (Å²) in [5.41, 5.74) is 2.28. The van der Waals surface area contributed by atoms with E-state index >= 15 is 0 Å². The molecular weight excluding hydrogens is 322 g/mol. The van der Waals surface area contributed by atoms with Crippen molar-refractivity contribution < 1.29 is 14.0 Å². The molecule has 1 aliphatic heterocycles. The van der Waals surface area contributed by atoms with E-state index in [9.17, 15) is 9.59 Å². The molecule has 2 aromatic rings. The van der Waals surface area contributed by atoms with Crippen LogP contribution in [0.4, 0.5) is 5.69 Å². The predicted molar refractivity (Wildman–Crippen MR) is 94.2 cm³/mol. The number of amides is 1. The summed E-state index contributed by atoms with van der Waals surface area (Å²) in [5, 5.41) is 0. The predicted octanol–water partition coefficient (Wildman–Crippen LogP) is 4.25. The van der Waals surface area contributed by atoms with Gasteiger partial charge in [0.05, 0.1) is 11.3 Å². The fourth-order valence-electron chi connectivity index (χ4n) is 3.51. The molecule has 1 aromatic carbocycles. The van der Waals surface area contributed by atoms with E-state index in [0.717, 1.165) is 35.6 Å². The van der Waals surface area contributed by atoms with Gasteiger partial charge in [-0.05, 0) is 37.7 Å². The largest absolute Gasteiger partial charge is 0.455 e. The zero-order chi connectivity index (χ0) is 16.7. The minimum Gasteiger partial charge on any atom is -0.455 e. The van der Waals surface area contributed by atoms with Crippen molar-refractivity contribution in [2.24, 2.45) is 0 Å². The van der Waals surface area contributed by atoms with Crippen molar-refractivity contribution in [3.8, 4) is 0 Å². The molecule has 4 rings (SSSR count). The highest BCUT2D eigenvalue weighted by atomic mass is 32.2. The van der Waals surface area contributed by atoms with Gasteiger partial charge in [-0.1, -0.05) is 12.1 Å². The molecule has 0 atom stereocenters. The third-order valence-electron chi connectivity index (χ3n) is 4.69. The Balaban J connectivity index is 1.76. The lowest BCUT2D eigenvalue weighted by atomic mass is 9.94. The van der Waals surface area contributed by atoms with Crippen LogP contribution in [0.1, 0.15) is 51.5 Å². The number of carbonyl (C=O) groups excluding carboxylic acids is 2. The highest BCUT2D eigenvalue weighted by Crippen LogP contribution is 2.36. The number of nitrogens with zero attached hydrogens (tertiary/aromatic N) is 1. The highest BCUT2D eigenvalue weighted by molar-refractivity contribution is 7.99. The molecule has 0 bridgehead atoms. The first kappa shape index (κ1) is 15.5. The third-order valence-corrected chi connectivity index (χ3v) is 5.83. The van der Waals surface area contributed by atoms with E-state index in [4.69, 9.17) is 4.42 Å². The molecule has 2 aliphatic rings. The van der Waals surface area contributed by atoms with Crippen molar-refractivity contribution in [3.63, 3.8) is 0 Å². The number of ketones is 1. The van der Waals surface area contributed by atoms with Crippen molar-refractivity contribution in [1.82, 2.24) is 0 Å². The second-order valence-corrected chi connectivity index (χ2v) is 7.39. The van der Waals surface area contributed by atoms with E-state index < -0.39 is 0 Å². The monoisotopic (exact) mass is 341 g/mol. The molecule has 1 aliphatic carbocycles. The number of Topliss-reactive ketones (excluding diaryl/α,β-unsaturated/α-hetero) is 1. The van der Waals surface area contributed by atoms with Crippen molar-refractivity contribution >= 4 is 29.1 Å². The maximum Gasteiger partial charge on any atom is 0.294 e. The molecular formula is C19H19NO3S. The summed E-state index contributed by atoms with van der Waals surface area (Å²) < 4.78 is 5.86. The summed E-state index contributed by atoms with van der Waals surface area (Å²) in [6, 6.07) is 7.98. The number of para-hydroxylation sites is 1. The number of carbonyl (C=O) groups is 2. The Bertz CT molecular complexity index is 824. The number of hydrogen-bond acceptors (Lipinski definition) is 4. The van der Waals surface area contributed by atoms with Crippen molar-refractivity contribution in [2.75, 3.05) is 17.2 Å². The van der Waals surface area contributed by atoms with Crippen LogP contribution in [0.3, 0.4) is 0 Å². The van der Waals surface area contributed by atoms with Crippen LogP contribution in [0.5, 0.6) is 0 Å². The fraction of sp³-hybridized carbons (Fsp3) is 0.368. The van der Waals surface area contributed by atoms with Crippen molar-refractivity contribution in [3.05, 3.63) is 46.9 Å². The number of hydrogen-bond donors (Lipinski definition) is 0. The topological polar surface area (TPSA) is 50.5 Å². The minimum atomic E-state index is -0.135. The quantitative estimate of drug-likeness (QED) is 0.778. The number of aryl methyl sites for hydroxylation is 1. The molecule has 0 radical (unpaired) electrons. The number of rotatable bonds is 1. The van der Waals surface area contributed by atoms with E-state index in [0.29, 0.717) is 35.6 Å². The summed E-state index contributed by atoms with van der Waals surface area (Å²) >= 11 is 1.78. The Labute approximate surface area is 145 Å². The van der Waals surface area contributed by atoms with Crippen LogP contribution in [0.15, 0.2) is 33.6 Å². The van der Waals surface area contributed by atoms with E-state index in [2.05, 4.69) is 6.07 Å². The smallest absolute Gasteiger partial charge is 0.294 e. The second-order valence-electron chi connectivity index (χ2n) is 6.26. The van der Waals surface area contributed by atoms with Crippen LogP contribution in [-0.2, 0) is 6.42 Å². The number of fused-ring (bicyclic) bond motifs is 2. The standard InChI is InChI=1S/C19H19NO3S/c1-12-17-14(21)7-4-8-15(17)23-18(12)19(22)20-10-5-11-24-16-9-3-2-6-13(16)20/h2-3,6,9H,4-5,7-8,10-11H2,1H3. The van der Waals surface area contributed by atoms with Gasteiger partial charge in [0.2, 0.25) is 0 Å². The summed E-state index contributed by atoms with van der Waals surface area (Å²) in [6.45, 7) is 2.50. The van der Waals surface area contributed by atoms with Crippen LogP contribution in [-0.4, -0.2) is 24.0 Å². The first-order valence-electron chi connectivity index (χ1n) is 8.36. The van der Waals surface area contributed by atoms with Crippen LogP contribution < -0.4 is 4.90 Å². The molecule has 1 aromatic heterocycles. The van der Waals surface area contributed by atoms with Crippen LogP contribution in [0.25, 0.3) is 0 Å². The molecule has 0 fully saturated rings. The van der Waals surface area contributed by atoms with Gasteiger partial charge in [0, 0.05) is 29.8 Å². The fourth-order valence-corrected chi connectivity index (χ4v) is 4.51. The van der Waals surface area contributed by atoms with Crippen LogP contribution in [0.2, 0.25) is 0 Å². The molecule has 24 heavy (non-hydrogen) atoms. The lowest BCUT2D eigenvalue weighted by Crippen LogP contribution is -2.32. The van der Waals surface area contributed by atoms with Crippen LogP contribution >= 0.6 is 11.8 Å². The molecule has 4 nitrogen and oxygen atoms in total. The summed E-state index contributed by atoms with van der Waals surface area (Å²) in [7, 11) is 0. The Hall–Kier alpha value is -2.01. The van der Waals surface area contributed by atoms with Gasteiger partial charge in [-0.25, -0.2) is 0 Å². The average Bonchev–Trinajstić information content (AvgIpc) is 2.79. The lowest BCUT2D eigenvalue weighted by Gasteiger charge is -2.21. The summed E-state index contributed by atoms with van der Waals surface area (Å²) in [5.74, 6) is 1.97. The Kier molecular flexibility index (Phi) is 3.96. The van der Waals surface area contributed by atoms with Gasteiger partial charge in [0.1, 0.15) is 5.76 Å². The first-order valence-corrected chi connectivity index (χ1v) is 9.34. The second kappa shape index (κ2) is 6.13. The number of anilines is 1. The van der Waals surface area contributed by atoms with Gasteiger partial charge >= 0.3 is 0 Å². The number of thioether (sulfide) groups is 1. The Morgan fingerprint density at radius 1 is 1.21 bits per heavy atom. The van der Waals surface area contributed by atoms with Gasteiger partial charge in [-0.15, -0.1) is 11.8 Å². The van der Waals surface area contributed by atoms with E-state index in [1.54, 1.807) is 16.7 Å². The SMILES string of the molecule is Cc1c(C(=O)N2CCCSc3ccccc32)oc2c1C(=O)CCC2. The van der Waals surface area contributed by atoms with Gasteiger partial charge in [0.15, 0.2) is 11.5 Å². The lowest BCUT2D eigenvalue weighted by molar-refractivity contribution is 0.0948. The Morgan fingerprint density at radius 2 is 2.04 bits per heavy atom. The highest BCUT2D eigenvalue weighted by Gasteiger charge is 2.32. The van der Waals surface area contributed by atoms with Crippen molar-refractivity contribution in [1.29, 1.82) is 0 Å². The molecule has 0 N–H and O–H groups in total. The maximum absolute atomic E-state index is 13.2. The molecule has 124 valence electrons. The number of furan rings is 1. The van der Waals surface area contributed by atoms with Gasteiger partial charge in [-0.3, -0.25) is 9.59 Å². The van der Waals surface area contributed by atoms with Crippen molar-refractivity contribution in [2.45, 2.75) is 37.5 Å². The molecule has 0 spiro atoms.